The SMILES string of the molecule is CCCCCCCOc1ccc(/C=C2/C(=O)ON=C2c2ccc(Cl)cc2)cc1. The van der Waals surface area contributed by atoms with Crippen LogP contribution in [0.2, 0.25) is 5.02 Å². The molecule has 0 N–H and O–H groups in total. The van der Waals surface area contributed by atoms with E-state index < -0.39 is 5.97 Å². The molecule has 28 heavy (non-hydrogen) atoms. The first-order chi connectivity index (χ1) is 13.7. The normalized spacial score (nSPS) is 14.9. The Kier molecular flexibility index (Phi) is 7.26. The monoisotopic (exact) mass is 397 g/mol. The number of unbranched alkanes of at least 4 members (excludes halogenated alkanes) is 4. The fourth-order valence-electron chi connectivity index (χ4n) is 2.95. The minimum absolute atomic E-state index is 0.423. The second kappa shape index (κ2) is 10.1. The zero-order chi connectivity index (χ0) is 19.8. The van der Waals surface area contributed by atoms with E-state index in [9.17, 15) is 4.79 Å². The molecule has 1 aliphatic rings. The number of carbonyl (C=O) groups is 1. The summed E-state index contributed by atoms with van der Waals surface area (Å²) in [5.41, 5.74) is 2.59. The van der Waals surface area contributed by atoms with E-state index in [4.69, 9.17) is 21.2 Å². The van der Waals surface area contributed by atoms with Crippen molar-refractivity contribution in [2.24, 2.45) is 5.16 Å². The van der Waals surface area contributed by atoms with Crippen molar-refractivity contribution in [1.82, 2.24) is 0 Å². The minimum atomic E-state index is -0.461. The first-order valence-corrected chi connectivity index (χ1v) is 10.1. The minimum Gasteiger partial charge on any atom is -0.494 e. The van der Waals surface area contributed by atoms with Crippen molar-refractivity contribution in [3.8, 4) is 5.75 Å². The van der Waals surface area contributed by atoms with E-state index in [1.165, 1.54) is 25.7 Å². The van der Waals surface area contributed by atoms with Crippen molar-refractivity contribution in [3.63, 3.8) is 0 Å². The topological polar surface area (TPSA) is 47.9 Å². The highest BCUT2D eigenvalue weighted by molar-refractivity contribution is 6.32. The summed E-state index contributed by atoms with van der Waals surface area (Å²) in [6.07, 6.45) is 7.84. The van der Waals surface area contributed by atoms with Crippen LogP contribution in [0.4, 0.5) is 0 Å². The maximum absolute atomic E-state index is 12.1. The maximum atomic E-state index is 12.1. The average Bonchev–Trinajstić information content (AvgIpc) is 3.07. The Hall–Kier alpha value is -2.59. The summed E-state index contributed by atoms with van der Waals surface area (Å²) in [5.74, 6) is 0.371. The van der Waals surface area contributed by atoms with Gasteiger partial charge in [0.1, 0.15) is 11.5 Å². The van der Waals surface area contributed by atoms with E-state index in [1.807, 2.05) is 36.4 Å². The molecule has 0 aliphatic carbocycles. The molecule has 0 saturated heterocycles. The fraction of sp³-hybridized carbons (Fsp3) is 0.304. The van der Waals surface area contributed by atoms with Crippen LogP contribution in [-0.4, -0.2) is 18.3 Å². The first-order valence-electron chi connectivity index (χ1n) is 9.67. The van der Waals surface area contributed by atoms with Crippen molar-refractivity contribution in [3.05, 3.63) is 70.3 Å². The lowest BCUT2D eigenvalue weighted by Crippen LogP contribution is -2.06. The van der Waals surface area contributed by atoms with Gasteiger partial charge < -0.3 is 9.57 Å². The molecular weight excluding hydrogens is 374 g/mol. The summed E-state index contributed by atoms with van der Waals surface area (Å²) < 4.78 is 5.79. The van der Waals surface area contributed by atoms with Gasteiger partial charge in [-0.05, 0) is 42.3 Å². The van der Waals surface area contributed by atoms with Gasteiger partial charge in [-0.25, -0.2) is 4.79 Å². The maximum Gasteiger partial charge on any atom is 0.368 e. The molecule has 1 aliphatic heterocycles. The molecule has 0 aromatic heterocycles. The van der Waals surface area contributed by atoms with E-state index >= 15 is 0 Å². The number of hydrogen-bond acceptors (Lipinski definition) is 4. The van der Waals surface area contributed by atoms with Gasteiger partial charge in [-0.15, -0.1) is 0 Å². The molecular formula is C23H24ClNO3. The Morgan fingerprint density at radius 3 is 2.43 bits per heavy atom. The average molecular weight is 398 g/mol. The predicted octanol–water partition coefficient (Wildman–Crippen LogP) is 6.03. The highest BCUT2D eigenvalue weighted by atomic mass is 35.5. The molecule has 0 bridgehead atoms. The summed E-state index contributed by atoms with van der Waals surface area (Å²) in [7, 11) is 0. The Morgan fingerprint density at radius 2 is 1.71 bits per heavy atom. The number of carbonyl (C=O) groups excluding carboxylic acids is 1. The number of halogens is 1. The molecule has 0 atom stereocenters. The highest BCUT2D eigenvalue weighted by Crippen LogP contribution is 2.23. The van der Waals surface area contributed by atoms with Gasteiger partial charge in [0.05, 0.1) is 12.2 Å². The Morgan fingerprint density at radius 1 is 1.00 bits per heavy atom. The van der Waals surface area contributed by atoms with Crippen LogP contribution in [0.15, 0.2) is 59.3 Å². The lowest BCUT2D eigenvalue weighted by molar-refractivity contribution is -0.136. The number of hydrogen-bond donors (Lipinski definition) is 0. The molecule has 0 saturated carbocycles. The van der Waals surface area contributed by atoms with E-state index in [-0.39, 0.29) is 0 Å². The molecule has 146 valence electrons. The zero-order valence-corrected chi connectivity index (χ0v) is 16.7. The third-order valence-corrected chi connectivity index (χ3v) is 4.77. The quantitative estimate of drug-likeness (QED) is 0.294. The van der Waals surface area contributed by atoms with Crippen LogP contribution >= 0.6 is 11.6 Å². The number of ether oxygens (including phenoxy) is 1. The lowest BCUT2D eigenvalue weighted by atomic mass is 10.0. The number of oxime groups is 1. The fourth-order valence-corrected chi connectivity index (χ4v) is 3.07. The summed E-state index contributed by atoms with van der Waals surface area (Å²) in [6, 6.07) is 14.8. The zero-order valence-electron chi connectivity index (χ0n) is 16.0. The van der Waals surface area contributed by atoms with Crippen LogP contribution in [-0.2, 0) is 9.63 Å². The van der Waals surface area contributed by atoms with Gasteiger partial charge in [0.2, 0.25) is 0 Å². The van der Waals surface area contributed by atoms with E-state index in [0.29, 0.717) is 16.3 Å². The van der Waals surface area contributed by atoms with Crippen LogP contribution in [0.5, 0.6) is 5.75 Å². The van der Waals surface area contributed by atoms with Crippen molar-refractivity contribution in [2.75, 3.05) is 6.61 Å². The summed E-state index contributed by atoms with van der Waals surface area (Å²) >= 11 is 5.93. The molecule has 2 aromatic carbocycles. The predicted molar refractivity (Wildman–Crippen MR) is 113 cm³/mol. The molecule has 0 spiro atoms. The molecule has 0 radical (unpaired) electrons. The van der Waals surface area contributed by atoms with Crippen molar-refractivity contribution in [2.45, 2.75) is 39.0 Å². The van der Waals surface area contributed by atoms with Crippen molar-refractivity contribution >= 4 is 29.4 Å². The lowest BCUT2D eigenvalue weighted by Gasteiger charge is -2.06. The molecule has 2 aromatic rings. The molecule has 0 amide bonds. The second-order valence-corrected chi connectivity index (χ2v) is 7.15. The molecule has 4 nitrogen and oxygen atoms in total. The van der Waals surface area contributed by atoms with Gasteiger partial charge in [0, 0.05) is 10.6 Å². The van der Waals surface area contributed by atoms with Gasteiger partial charge in [-0.3, -0.25) is 0 Å². The van der Waals surface area contributed by atoms with E-state index in [0.717, 1.165) is 29.9 Å². The Labute approximate surface area is 170 Å². The standard InChI is InChI=1S/C23H24ClNO3/c1-2-3-4-5-6-15-27-20-13-7-17(8-14-20)16-21-22(25-28-23(21)26)18-9-11-19(24)12-10-18/h7-14,16H,2-6,15H2,1H3/b21-16+. The van der Waals surface area contributed by atoms with Crippen LogP contribution in [0.25, 0.3) is 6.08 Å². The van der Waals surface area contributed by atoms with Gasteiger partial charge in [0.15, 0.2) is 0 Å². The Bertz CT molecular complexity index is 854. The summed E-state index contributed by atoms with van der Waals surface area (Å²) in [6.45, 7) is 2.94. The van der Waals surface area contributed by atoms with Gasteiger partial charge in [-0.1, -0.05) is 73.6 Å². The highest BCUT2D eigenvalue weighted by Gasteiger charge is 2.26. The van der Waals surface area contributed by atoms with Crippen LogP contribution < -0.4 is 4.74 Å². The number of nitrogens with zero attached hydrogens (tertiary/aromatic N) is 1. The summed E-state index contributed by atoms with van der Waals surface area (Å²) in [5, 5.41) is 4.54. The van der Waals surface area contributed by atoms with Crippen molar-refractivity contribution in [1.29, 1.82) is 0 Å². The smallest absolute Gasteiger partial charge is 0.368 e. The molecule has 3 rings (SSSR count). The third-order valence-electron chi connectivity index (χ3n) is 4.52. The molecule has 5 heteroatoms. The van der Waals surface area contributed by atoms with Crippen LogP contribution in [0.1, 0.15) is 50.2 Å². The summed E-state index contributed by atoms with van der Waals surface area (Å²) in [4.78, 5) is 17.0. The second-order valence-electron chi connectivity index (χ2n) is 6.72. The van der Waals surface area contributed by atoms with E-state index in [2.05, 4.69) is 12.1 Å². The first kappa shape index (κ1) is 20.2. The Balaban J connectivity index is 1.63. The van der Waals surface area contributed by atoms with Crippen molar-refractivity contribution < 1.29 is 14.4 Å². The third kappa shape index (κ3) is 5.46. The molecule has 1 heterocycles. The molecule has 0 fully saturated rings. The largest absolute Gasteiger partial charge is 0.494 e. The van der Waals surface area contributed by atoms with E-state index in [1.54, 1.807) is 18.2 Å². The number of benzene rings is 2. The van der Waals surface area contributed by atoms with Gasteiger partial charge >= 0.3 is 5.97 Å². The van der Waals surface area contributed by atoms with Crippen LogP contribution in [0.3, 0.4) is 0 Å². The van der Waals surface area contributed by atoms with Crippen LogP contribution in [0, 0.1) is 0 Å². The molecule has 0 unspecified atom stereocenters. The number of rotatable bonds is 9. The van der Waals surface area contributed by atoms with Gasteiger partial charge in [0.25, 0.3) is 0 Å². The van der Waals surface area contributed by atoms with Gasteiger partial charge in [-0.2, -0.15) is 0 Å².